The van der Waals surface area contributed by atoms with Crippen LogP contribution in [-0.2, 0) is 0 Å². The Kier molecular flexibility index (Phi) is 6.14. The zero-order valence-electron chi connectivity index (χ0n) is 14.2. The van der Waals surface area contributed by atoms with E-state index in [-0.39, 0.29) is 12.5 Å². The molecule has 6 heteroatoms. The molecule has 0 atom stereocenters. The van der Waals surface area contributed by atoms with Crippen LogP contribution in [0.25, 0.3) is 11.2 Å². The van der Waals surface area contributed by atoms with Gasteiger partial charge in [0.05, 0.1) is 11.2 Å². The molecule has 2 aromatic heterocycles. The van der Waals surface area contributed by atoms with Gasteiger partial charge >= 0.3 is 0 Å². The third-order valence-corrected chi connectivity index (χ3v) is 3.55. The maximum Gasteiger partial charge on any atom is 0.118 e. The Hall–Kier alpha value is -2.60. The molecule has 2 rings (SSSR count). The second-order valence-corrected chi connectivity index (χ2v) is 5.80. The molecule has 128 valence electrons. The van der Waals surface area contributed by atoms with Crippen molar-refractivity contribution >= 4 is 17.4 Å². The number of pyridine rings is 1. The van der Waals surface area contributed by atoms with Gasteiger partial charge in [-0.05, 0) is 30.5 Å². The minimum absolute atomic E-state index is 0.142. The summed E-state index contributed by atoms with van der Waals surface area (Å²) in [7, 11) is 0. The summed E-state index contributed by atoms with van der Waals surface area (Å²) in [5.41, 5.74) is 9.78. The fraction of sp³-hybridized carbons (Fsp3) is 0.333. The van der Waals surface area contributed by atoms with Crippen LogP contribution >= 0.6 is 0 Å². The van der Waals surface area contributed by atoms with Gasteiger partial charge in [-0.25, -0.2) is 9.51 Å². The molecule has 0 unspecified atom stereocenters. The fourth-order valence-electron chi connectivity index (χ4n) is 2.37. The average molecular weight is 327 g/mol. The Morgan fingerprint density at radius 3 is 3.00 bits per heavy atom. The molecule has 6 nitrogen and oxygen atoms in total. The molecule has 0 saturated heterocycles. The number of hydrogen-bond donors (Lipinski definition) is 3. The second kappa shape index (κ2) is 8.31. The van der Waals surface area contributed by atoms with E-state index < -0.39 is 0 Å². The highest BCUT2D eigenvalue weighted by atomic mass is 16.3. The van der Waals surface area contributed by atoms with Crippen LogP contribution in [0.15, 0.2) is 47.9 Å². The first-order valence-corrected chi connectivity index (χ1v) is 8.05. The standard InChI is InChI=1S/C18H25N5O/c1-13(2)18-17(16-7-4-5-11-23(16)22-18)15(19)8-10-21-14(3)20-9-6-12-24/h4-5,7-8,10-11,13,20,24H,3,6,9,12,19H2,1-2H3/b15-8-,21-10-. The first-order valence-electron chi connectivity index (χ1n) is 8.05. The SMILES string of the molecule is C=C(/N=C\C=C(/N)c1c(C(C)C)nn2ccccc12)NCCCO. The number of aliphatic hydroxyl groups is 1. The van der Waals surface area contributed by atoms with E-state index in [2.05, 4.69) is 35.8 Å². The van der Waals surface area contributed by atoms with E-state index in [1.807, 2.05) is 28.9 Å². The van der Waals surface area contributed by atoms with Gasteiger partial charge in [0.15, 0.2) is 0 Å². The van der Waals surface area contributed by atoms with E-state index in [1.165, 1.54) is 0 Å². The van der Waals surface area contributed by atoms with Gasteiger partial charge in [-0.1, -0.05) is 26.5 Å². The van der Waals surface area contributed by atoms with Crippen molar-refractivity contribution in [3.8, 4) is 0 Å². The number of nitrogens with zero attached hydrogens (tertiary/aromatic N) is 3. The molecular formula is C18H25N5O. The lowest BCUT2D eigenvalue weighted by molar-refractivity contribution is 0.288. The van der Waals surface area contributed by atoms with Crippen LogP contribution in [0.1, 0.15) is 37.4 Å². The van der Waals surface area contributed by atoms with Crippen LogP contribution in [0.5, 0.6) is 0 Å². The summed E-state index contributed by atoms with van der Waals surface area (Å²) >= 11 is 0. The van der Waals surface area contributed by atoms with Crippen LogP contribution < -0.4 is 11.1 Å². The number of nitrogens with two attached hydrogens (primary N) is 1. The Morgan fingerprint density at radius 1 is 1.50 bits per heavy atom. The van der Waals surface area contributed by atoms with E-state index in [1.54, 1.807) is 12.3 Å². The number of nitrogens with one attached hydrogen (secondary N) is 1. The normalized spacial score (nSPS) is 12.4. The number of aliphatic imine (C=N–C) groups is 1. The van der Waals surface area contributed by atoms with E-state index in [0.717, 1.165) is 16.8 Å². The lowest BCUT2D eigenvalue weighted by Crippen LogP contribution is -2.13. The summed E-state index contributed by atoms with van der Waals surface area (Å²) in [6.45, 7) is 8.78. The first kappa shape index (κ1) is 17.7. The molecule has 0 spiro atoms. The number of hydrogen-bond acceptors (Lipinski definition) is 5. The number of fused-ring (bicyclic) bond motifs is 1. The summed E-state index contributed by atoms with van der Waals surface area (Å²) in [6, 6.07) is 5.91. The Labute approximate surface area is 142 Å². The number of rotatable bonds is 8. The summed E-state index contributed by atoms with van der Waals surface area (Å²) in [5, 5.41) is 16.4. The molecule has 0 aliphatic rings. The van der Waals surface area contributed by atoms with Crippen molar-refractivity contribution in [2.45, 2.75) is 26.2 Å². The van der Waals surface area contributed by atoms with Gasteiger partial charge in [-0.2, -0.15) is 5.10 Å². The van der Waals surface area contributed by atoms with Gasteiger partial charge in [0.2, 0.25) is 0 Å². The molecule has 2 heterocycles. The largest absolute Gasteiger partial charge is 0.398 e. The highest BCUT2D eigenvalue weighted by molar-refractivity contribution is 5.89. The molecule has 0 aromatic carbocycles. The molecular weight excluding hydrogens is 302 g/mol. The van der Waals surface area contributed by atoms with Crippen molar-refractivity contribution in [3.05, 3.63) is 54.1 Å². The molecule has 0 aliphatic heterocycles. The summed E-state index contributed by atoms with van der Waals surface area (Å²) in [4.78, 5) is 4.20. The minimum Gasteiger partial charge on any atom is -0.398 e. The van der Waals surface area contributed by atoms with Crippen molar-refractivity contribution in [1.29, 1.82) is 0 Å². The number of aliphatic hydroxyl groups excluding tert-OH is 1. The van der Waals surface area contributed by atoms with Gasteiger partial charge in [0, 0.05) is 36.8 Å². The van der Waals surface area contributed by atoms with Crippen molar-refractivity contribution in [2.24, 2.45) is 10.7 Å². The van der Waals surface area contributed by atoms with Gasteiger partial charge < -0.3 is 16.2 Å². The van der Waals surface area contributed by atoms with Gasteiger partial charge in [0.1, 0.15) is 5.82 Å². The van der Waals surface area contributed by atoms with Gasteiger partial charge in [-0.3, -0.25) is 0 Å². The summed E-state index contributed by atoms with van der Waals surface area (Å²) in [5.74, 6) is 0.801. The predicted molar refractivity (Wildman–Crippen MR) is 98.8 cm³/mol. The number of allylic oxidation sites excluding steroid dienone is 1. The molecule has 0 fully saturated rings. The van der Waals surface area contributed by atoms with Crippen LogP contribution in [0.3, 0.4) is 0 Å². The predicted octanol–water partition coefficient (Wildman–Crippen LogP) is 2.27. The average Bonchev–Trinajstić information content (AvgIpc) is 2.95. The smallest absolute Gasteiger partial charge is 0.118 e. The maximum atomic E-state index is 8.75. The summed E-state index contributed by atoms with van der Waals surface area (Å²) < 4.78 is 1.85. The monoisotopic (exact) mass is 327 g/mol. The molecule has 0 aliphatic carbocycles. The van der Waals surface area contributed by atoms with Crippen molar-refractivity contribution < 1.29 is 5.11 Å². The van der Waals surface area contributed by atoms with Crippen LogP contribution in [-0.4, -0.2) is 34.1 Å². The Balaban J connectivity index is 2.22. The summed E-state index contributed by atoms with van der Waals surface area (Å²) in [6.07, 6.45) is 5.96. The fourth-order valence-corrected chi connectivity index (χ4v) is 2.37. The number of aromatic nitrogens is 2. The molecule has 4 N–H and O–H groups in total. The zero-order chi connectivity index (χ0) is 17.5. The van der Waals surface area contributed by atoms with E-state index in [4.69, 9.17) is 10.8 Å². The van der Waals surface area contributed by atoms with E-state index in [9.17, 15) is 0 Å². The topological polar surface area (TPSA) is 87.9 Å². The highest BCUT2D eigenvalue weighted by Gasteiger charge is 2.16. The Morgan fingerprint density at radius 2 is 2.29 bits per heavy atom. The van der Waals surface area contributed by atoms with Crippen LogP contribution in [0.2, 0.25) is 0 Å². The molecule has 0 bridgehead atoms. The van der Waals surface area contributed by atoms with Crippen molar-refractivity contribution in [1.82, 2.24) is 14.9 Å². The third kappa shape index (κ3) is 4.23. The zero-order valence-corrected chi connectivity index (χ0v) is 14.2. The van der Waals surface area contributed by atoms with Crippen molar-refractivity contribution in [3.63, 3.8) is 0 Å². The molecule has 0 radical (unpaired) electrons. The molecule has 0 saturated carbocycles. The van der Waals surface area contributed by atoms with Crippen LogP contribution in [0.4, 0.5) is 0 Å². The first-order chi connectivity index (χ1) is 11.5. The lowest BCUT2D eigenvalue weighted by atomic mass is 10.0. The van der Waals surface area contributed by atoms with Crippen molar-refractivity contribution in [2.75, 3.05) is 13.2 Å². The molecule has 2 aromatic rings. The van der Waals surface area contributed by atoms with Gasteiger partial charge in [0.25, 0.3) is 0 Å². The van der Waals surface area contributed by atoms with Crippen LogP contribution in [0, 0.1) is 0 Å². The quantitative estimate of drug-likeness (QED) is 0.513. The maximum absolute atomic E-state index is 8.75. The molecule has 0 amide bonds. The van der Waals surface area contributed by atoms with E-state index in [0.29, 0.717) is 24.5 Å². The highest BCUT2D eigenvalue weighted by Crippen LogP contribution is 2.26. The third-order valence-electron chi connectivity index (χ3n) is 3.55. The van der Waals surface area contributed by atoms with Gasteiger partial charge in [-0.15, -0.1) is 0 Å². The minimum atomic E-state index is 0.142. The molecule has 24 heavy (non-hydrogen) atoms. The van der Waals surface area contributed by atoms with E-state index >= 15 is 0 Å². The Bertz CT molecular complexity index is 758. The lowest BCUT2D eigenvalue weighted by Gasteiger charge is -2.05. The second-order valence-electron chi connectivity index (χ2n) is 5.80.